The number of rotatable bonds is 0. The third-order valence-corrected chi connectivity index (χ3v) is 1.72. The van der Waals surface area contributed by atoms with Crippen LogP contribution in [0.25, 0.3) is 0 Å². The minimum Gasteiger partial charge on any atom is -0.330 e. The zero-order chi connectivity index (χ0) is 11.5. The number of imide groups is 2. The smallest absolute Gasteiger partial charge is 0.330 e. The van der Waals surface area contributed by atoms with E-state index in [1.165, 1.54) is 40.0 Å². The topological polar surface area (TPSA) is 60.9 Å². The second kappa shape index (κ2) is 4.59. The fourth-order valence-electron chi connectivity index (χ4n) is 0.742. The lowest BCUT2D eigenvalue weighted by molar-refractivity contribution is -0.125. The molecule has 0 saturated carbocycles. The lowest BCUT2D eigenvalue weighted by Crippen LogP contribution is -2.47. The van der Waals surface area contributed by atoms with Gasteiger partial charge in [-0.1, -0.05) is 0 Å². The van der Waals surface area contributed by atoms with Gasteiger partial charge in [-0.3, -0.25) is 9.69 Å². The molecule has 0 aromatic heterocycles. The molecule has 80 valence electrons. The van der Waals surface area contributed by atoms with E-state index in [1.54, 1.807) is 0 Å². The van der Waals surface area contributed by atoms with Crippen LogP contribution >= 0.6 is 0 Å². The zero-order valence-corrected chi connectivity index (χ0v) is 9.07. The Labute approximate surface area is 83.1 Å². The molecule has 0 aromatic carbocycles. The Morgan fingerprint density at radius 2 is 1.21 bits per heavy atom. The van der Waals surface area contributed by atoms with Crippen LogP contribution in [0.1, 0.15) is 6.92 Å². The first-order valence-electron chi connectivity index (χ1n) is 4.02. The average Bonchev–Trinajstić information content (AvgIpc) is 2.12. The lowest BCUT2D eigenvalue weighted by atomic mass is 10.6. The molecular weight excluding hydrogens is 186 g/mol. The van der Waals surface area contributed by atoms with Crippen molar-refractivity contribution in [3.8, 4) is 0 Å². The van der Waals surface area contributed by atoms with Crippen molar-refractivity contribution in [2.75, 3.05) is 28.2 Å². The molecule has 6 heteroatoms. The first-order valence-corrected chi connectivity index (χ1v) is 4.02. The van der Waals surface area contributed by atoms with E-state index in [-0.39, 0.29) is 0 Å². The van der Waals surface area contributed by atoms with Crippen molar-refractivity contribution in [3.63, 3.8) is 0 Å². The molecule has 0 bridgehead atoms. The van der Waals surface area contributed by atoms with Crippen LogP contribution in [0.4, 0.5) is 9.59 Å². The van der Waals surface area contributed by atoms with Crippen LogP contribution < -0.4 is 0 Å². The highest BCUT2D eigenvalue weighted by atomic mass is 16.2. The number of amides is 5. The summed E-state index contributed by atoms with van der Waals surface area (Å²) in [7, 11) is 5.70. The van der Waals surface area contributed by atoms with Crippen molar-refractivity contribution in [1.82, 2.24) is 14.7 Å². The zero-order valence-electron chi connectivity index (χ0n) is 9.07. The van der Waals surface area contributed by atoms with Gasteiger partial charge in [0, 0.05) is 35.1 Å². The number of carbonyl (C=O) groups excluding carboxylic acids is 3. The van der Waals surface area contributed by atoms with Crippen LogP contribution in [0.3, 0.4) is 0 Å². The van der Waals surface area contributed by atoms with Gasteiger partial charge < -0.3 is 4.90 Å². The molecule has 0 fully saturated rings. The largest absolute Gasteiger partial charge is 0.334 e. The molecule has 0 aliphatic carbocycles. The van der Waals surface area contributed by atoms with Gasteiger partial charge in [0.1, 0.15) is 0 Å². The van der Waals surface area contributed by atoms with Crippen molar-refractivity contribution in [1.29, 1.82) is 0 Å². The van der Waals surface area contributed by atoms with Gasteiger partial charge in [0.25, 0.3) is 0 Å². The van der Waals surface area contributed by atoms with E-state index in [4.69, 9.17) is 0 Å². The van der Waals surface area contributed by atoms with Gasteiger partial charge in [-0.25, -0.2) is 14.5 Å². The highest BCUT2D eigenvalue weighted by Gasteiger charge is 2.23. The Kier molecular flexibility index (Phi) is 4.07. The fourth-order valence-corrected chi connectivity index (χ4v) is 0.742. The van der Waals surface area contributed by atoms with Crippen molar-refractivity contribution >= 4 is 18.0 Å². The van der Waals surface area contributed by atoms with Crippen LogP contribution in [0.5, 0.6) is 0 Å². The molecule has 0 spiro atoms. The van der Waals surface area contributed by atoms with Gasteiger partial charge in [0.2, 0.25) is 5.91 Å². The summed E-state index contributed by atoms with van der Waals surface area (Å²) >= 11 is 0. The van der Waals surface area contributed by atoms with Crippen LogP contribution in [-0.2, 0) is 4.79 Å². The molecular formula is C8H15N3O3. The Hall–Kier alpha value is -1.59. The summed E-state index contributed by atoms with van der Waals surface area (Å²) in [6.07, 6.45) is 0. The first kappa shape index (κ1) is 12.4. The van der Waals surface area contributed by atoms with E-state index < -0.39 is 18.0 Å². The normalized spacial score (nSPS) is 9.21. The quantitative estimate of drug-likeness (QED) is 0.562. The van der Waals surface area contributed by atoms with Gasteiger partial charge in [0.05, 0.1) is 0 Å². The molecule has 0 rings (SSSR count). The minimum absolute atomic E-state index is 0.409. The first-order chi connectivity index (χ1) is 6.29. The Morgan fingerprint density at radius 3 is 1.50 bits per heavy atom. The molecule has 0 unspecified atom stereocenters. The predicted molar refractivity (Wildman–Crippen MR) is 50.7 cm³/mol. The summed E-state index contributed by atoms with van der Waals surface area (Å²) in [4.78, 5) is 36.6. The fraction of sp³-hybridized carbons (Fsp3) is 0.625. The van der Waals surface area contributed by atoms with E-state index in [0.29, 0.717) is 0 Å². The SMILES string of the molecule is CC(=O)N(C)C(=O)N(C)C(=O)N(C)C. The second-order valence-electron chi connectivity index (χ2n) is 3.10. The lowest BCUT2D eigenvalue weighted by Gasteiger charge is -2.23. The van der Waals surface area contributed by atoms with Crippen LogP contribution in [0.2, 0.25) is 0 Å². The number of urea groups is 2. The molecule has 0 aliphatic heterocycles. The van der Waals surface area contributed by atoms with Crippen LogP contribution in [0, 0.1) is 0 Å². The third-order valence-electron chi connectivity index (χ3n) is 1.72. The summed E-state index contributed by atoms with van der Waals surface area (Å²) < 4.78 is 0. The van der Waals surface area contributed by atoms with E-state index in [1.807, 2.05) is 0 Å². The van der Waals surface area contributed by atoms with Crippen molar-refractivity contribution in [3.05, 3.63) is 0 Å². The molecule has 0 N–H and O–H groups in total. The Balaban J connectivity index is 4.55. The molecule has 0 aliphatic rings. The monoisotopic (exact) mass is 201 g/mol. The summed E-state index contributed by atoms with van der Waals surface area (Å²) in [5.74, 6) is -0.409. The van der Waals surface area contributed by atoms with Gasteiger partial charge in [0.15, 0.2) is 0 Å². The van der Waals surface area contributed by atoms with Crippen molar-refractivity contribution < 1.29 is 14.4 Å². The summed E-state index contributed by atoms with van der Waals surface area (Å²) in [5.41, 5.74) is 0. The van der Waals surface area contributed by atoms with Gasteiger partial charge >= 0.3 is 12.1 Å². The highest BCUT2D eigenvalue weighted by Crippen LogP contribution is 1.97. The molecule has 0 radical (unpaired) electrons. The molecule has 0 heterocycles. The Bertz CT molecular complexity index is 263. The van der Waals surface area contributed by atoms with E-state index in [0.717, 1.165) is 9.80 Å². The number of hydrogen-bond donors (Lipinski definition) is 0. The average molecular weight is 201 g/mol. The second-order valence-corrected chi connectivity index (χ2v) is 3.10. The minimum atomic E-state index is -0.642. The summed E-state index contributed by atoms with van der Waals surface area (Å²) in [6.45, 7) is 1.26. The molecule has 0 saturated heterocycles. The number of nitrogens with zero attached hydrogens (tertiary/aromatic N) is 3. The maximum atomic E-state index is 11.4. The summed E-state index contributed by atoms with van der Waals surface area (Å²) in [5, 5.41) is 0. The summed E-state index contributed by atoms with van der Waals surface area (Å²) in [6, 6.07) is -1.11. The molecule has 6 nitrogen and oxygen atoms in total. The maximum Gasteiger partial charge on any atom is 0.334 e. The van der Waals surface area contributed by atoms with E-state index >= 15 is 0 Å². The van der Waals surface area contributed by atoms with Crippen LogP contribution in [0.15, 0.2) is 0 Å². The molecule has 0 aromatic rings. The van der Waals surface area contributed by atoms with E-state index in [9.17, 15) is 14.4 Å². The van der Waals surface area contributed by atoms with Crippen LogP contribution in [-0.4, -0.2) is 60.9 Å². The van der Waals surface area contributed by atoms with Gasteiger partial charge in [-0.05, 0) is 0 Å². The van der Waals surface area contributed by atoms with Crippen molar-refractivity contribution in [2.45, 2.75) is 6.92 Å². The predicted octanol–water partition coefficient (Wildman–Crippen LogP) is 0.198. The number of carbonyl (C=O) groups is 3. The van der Waals surface area contributed by atoms with Gasteiger partial charge in [-0.2, -0.15) is 0 Å². The van der Waals surface area contributed by atoms with Crippen molar-refractivity contribution in [2.24, 2.45) is 0 Å². The Morgan fingerprint density at radius 1 is 0.786 bits per heavy atom. The standard InChI is InChI=1S/C8H15N3O3/c1-6(12)10(4)8(14)11(5)7(13)9(2)3/h1-5H3. The molecule has 14 heavy (non-hydrogen) atoms. The number of hydrogen-bond acceptors (Lipinski definition) is 3. The maximum absolute atomic E-state index is 11.4. The van der Waals surface area contributed by atoms with Gasteiger partial charge in [-0.15, -0.1) is 0 Å². The molecule has 0 atom stereocenters. The van der Waals surface area contributed by atoms with E-state index in [2.05, 4.69) is 0 Å². The third kappa shape index (κ3) is 2.72. The molecule has 5 amide bonds. The highest BCUT2D eigenvalue weighted by molar-refractivity contribution is 6.00.